The van der Waals surface area contributed by atoms with Crippen LogP contribution in [-0.2, 0) is 14.3 Å². The highest BCUT2D eigenvalue weighted by molar-refractivity contribution is 5.81. The summed E-state index contributed by atoms with van der Waals surface area (Å²) in [6.45, 7) is 5.59. The average Bonchev–Trinajstić information content (AvgIpc) is 2.45. The first-order valence-corrected chi connectivity index (χ1v) is 7.92. The maximum absolute atomic E-state index is 12.6. The minimum Gasteiger partial charge on any atom is -0.374 e. The first kappa shape index (κ1) is 16.2. The monoisotopic (exact) mass is 297 g/mol. The number of nitrogens with zero attached hydrogens (tertiary/aromatic N) is 2. The van der Waals surface area contributed by atoms with Crippen LogP contribution in [0, 0.1) is 0 Å². The predicted molar refractivity (Wildman–Crippen MR) is 79.6 cm³/mol. The van der Waals surface area contributed by atoms with Crippen molar-refractivity contribution in [3.63, 3.8) is 0 Å². The van der Waals surface area contributed by atoms with Gasteiger partial charge in [-0.25, -0.2) is 0 Å². The second kappa shape index (κ2) is 7.22. The first-order valence-electron chi connectivity index (χ1n) is 7.92. The van der Waals surface area contributed by atoms with E-state index in [4.69, 9.17) is 10.5 Å². The highest BCUT2D eigenvalue weighted by Crippen LogP contribution is 2.28. The van der Waals surface area contributed by atoms with Crippen LogP contribution in [0.1, 0.15) is 39.5 Å². The van der Waals surface area contributed by atoms with Gasteiger partial charge < -0.3 is 15.4 Å². The minimum absolute atomic E-state index is 0.0881. The van der Waals surface area contributed by atoms with Crippen molar-refractivity contribution in [1.82, 2.24) is 9.80 Å². The molecular formula is C15H27N3O3. The summed E-state index contributed by atoms with van der Waals surface area (Å²) in [6, 6.07) is 0.326. The van der Waals surface area contributed by atoms with E-state index in [0.29, 0.717) is 13.2 Å². The number of carbonyl (C=O) groups excluding carboxylic acids is 2. The SMILES string of the molecule is CC(C)N(CC(N)=O)CC(=O)N1CCO[C@@H]2CCCC[C@H]21. The second-order valence-electron chi connectivity index (χ2n) is 6.31. The lowest BCUT2D eigenvalue weighted by molar-refractivity contribution is -0.151. The van der Waals surface area contributed by atoms with Crippen LogP contribution < -0.4 is 5.73 Å². The van der Waals surface area contributed by atoms with Gasteiger partial charge in [-0.2, -0.15) is 0 Å². The zero-order valence-electron chi connectivity index (χ0n) is 13.1. The molecule has 120 valence electrons. The Balaban J connectivity index is 1.98. The van der Waals surface area contributed by atoms with Gasteiger partial charge in [0.1, 0.15) is 0 Å². The van der Waals surface area contributed by atoms with Gasteiger partial charge in [0.25, 0.3) is 0 Å². The number of rotatable bonds is 5. The molecule has 0 radical (unpaired) electrons. The van der Waals surface area contributed by atoms with E-state index in [1.807, 2.05) is 23.6 Å². The molecule has 21 heavy (non-hydrogen) atoms. The minimum atomic E-state index is -0.394. The molecule has 1 saturated carbocycles. The summed E-state index contributed by atoms with van der Waals surface area (Å²) in [6.07, 6.45) is 4.60. The van der Waals surface area contributed by atoms with Gasteiger partial charge in [0, 0.05) is 12.6 Å². The molecule has 0 aromatic carbocycles. The van der Waals surface area contributed by atoms with Crippen LogP contribution in [0.2, 0.25) is 0 Å². The van der Waals surface area contributed by atoms with Gasteiger partial charge in [-0.05, 0) is 26.7 Å². The summed E-state index contributed by atoms with van der Waals surface area (Å²) in [7, 11) is 0. The summed E-state index contributed by atoms with van der Waals surface area (Å²) >= 11 is 0. The quantitative estimate of drug-likeness (QED) is 0.794. The number of ether oxygens (including phenoxy) is 1. The van der Waals surface area contributed by atoms with Crippen LogP contribution in [-0.4, -0.2) is 66.0 Å². The third-order valence-electron chi connectivity index (χ3n) is 4.48. The largest absolute Gasteiger partial charge is 0.374 e. The van der Waals surface area contributed by atoms with E-state index in [2.05, 4.69) is 0 Å². The number of primary amides is 1. The second-order valence-corrected chi connectivity index (χ2v) is 6.31. The molecule has 1 heterocycles. The number of morpholine rings is 1. The van der Waals surface area contributed by atoms with E-state index in [-0.39, 0.29) is 37.2 Å². The van der Waals surface area contributed by atoms with Crippen molar-refractivity contribution in [1.29, 1.82) is 0 Å². The van der Waals surface area contributed by atoms with Gasteiger partial charge >= 0.3 is 0 Å². The predicted octanol–water partition coefficient (Wildman–Crippen LogP) is 0.352. The summed E-state index contributed by atoms with van der Waals surface area (Å²) in [5, 5.41) is 0. The number of nitrogens with two attached hydrogens (primary N) is 1. The van der Waals surface area contributed by atoms with Gasteiger partial charge in [0.15, 0.2) is 0 Å². The Kier molecular flexibility index (Phi) is 5.58. The van der Waals surface area contributed by atoms with Gasteiger partial charge in [-0.15, -0.1) is 0 Å². The fraction of sp³-hybridized carbons (Fsp3) is 0.867. The molecule has 2 amide bonds. The molecule has 0 bridgehead atoms. The highest BCUT2D eigenvalue weighted by Gasteiger charge is 2.37. The zero-order valence-corrected chi connectivity index (χ0v) is 13.1. The van der Waals surface area contributed by atoms with E-state index in [9.17, 15) is 9.59 Å². The van der Waals surface area contributed by atoms with E-state index < -0.39 is 5.91 Å². The Morgan fingerprint density at radius 1 is 1.29 bits per heavy atom. The van der Waals surface area contributed by atoms with Crippen molar-refractivity contribution >= 4 is 11.8 Å². The molecule has 2 N–H and O–H groups in total. The first-order chi connectivity index (χ1) is 9.99. The molecule has 2 atom stereocenters. The maximum Gasteiger partial charge on any atom is 0.237 e. The van der Waals surface area contributed by atoms with E-state index >= 15 is 0 Å². The van der Waals surface area contributed by atoms with Crippen LogP contribution in [0.4, 0.5) is 0 Å². The molecule has 0 aromatic heterocycles. The van der Waals surface area contributed by atoms with Crippen molar-refractivity contribution in [3.8, 4) is 0 Å². The molecule has 0 aromatic rings. The molecule has 2 rings (SSSR count). The molecule has 0 spiro atoms. The molecule has 2 aliphatic rings. The molecule has 0 unspecified atom stereocenters. The number of carbonyl (C=O) groups is 2. The summed E-state index contributed by atoms with van der Waals surface area (Å²) < 4.78 is 5.80. The molecule has 1 aliphatic heterocycles. The lowest BCUT2D eigenvalue weighted by Crippen LogP contribution is -2.57. The summed E-state index contributed by atoms with van der Waals surface area (Å²) in [5.41, 5.74) is 5.27. The zero-order chi connectivity index (χ0) is 15.4. The molecule has 6 heteroatoms. The number of fused-ring (bicyclic) bond motifs is 1. The lowest BCUT2D eigenvalue weighted by atomic mass is 9.90. The Hall–Kier alpha value is -1.14. The maximum atomic E-state index is 12.6. The summed E-state index contributed by atoms with van der Waals surface area (Å²) in [4.78, 5) is 27.6. The smallest absolute Gasteiger partial charge is 0.237 e. The number of hydrogen-bond donors (Lipinski definition) is 1. The number of hydrogen-bond acceptors (Lipinski definition) is 4. The van der Waals surface area contributed by atoms with Crippen LogP contribution in [0.25, 0.3) is 0 Å². The molecular weight excluding hydrogens is 270 g/mol. The highest BCUT2D eigenvalue weighted by atomic mass is 16.5. The third kappa shape index (κ3) is 4.17. The molecule has 1 saturated heterocycles. The fourth-order valence-corrected chi connectivity index (χ4v) is 3.29. The molecule has 1 aliphatic carbocycles. The average molecular weight is 297 g/mol. The topological polar surface area (TPSA) is 75.9 Å². The normalized spacial score (nSPS) is 26.0. The van der Waals surface area contributed by atoms with Crippen LogP contribution in [0.5, 0.6) is 0 Å². The van der Waals surface area contributed by atoms with Crippen molar-refractivity contribution in [2.75, 3.05) is 26.2 Å². The standard InChI is InChI=1S/C15H27N3O3/c1-11(2)17(9-14(16)19)10-15(20)18-7-8-21-13-6-4-3-5-12(13)18/h11-13H,3-10H2,1-2H3,(H2,16,19)/t12-,13-/m1/s1. The van der Waals surface area contributed by atoms with Crippen LogP contribution in [0.15, 0.2) is 0 Å². The Morgan fingerprint density at radius 3 is 2.67 bits per heavy atom. The Labute approximate surface area is 126 Å². The summed E-state index contributed by atoms with van der Waals surface area (Å²) in [5.74, 6) is -0.306. The van der Waals surface area contributed by atoms with Crippen molar-refractivity contribution < 1.29 is 14.3 Å². The van der Waals surface area contributed by atoms with Crippen molar-refractivity contribution in [2.24, 2.45) is 5.73 Å². The van der Waals surface area contributed by atoms with Gasteiger partial charge in [-0.3, -0.25) is 14.5 Å². The van der Waals surface area contributed by atoms with E-state index in [0.717, 1.165) is 19.3 Å². The fourth-order valence-electron chi connectivity index (χ4n) is 3.29. The Morgan fingerprint density at radius 2 is 2.00 bits per heavy atom. The van der Waals surface area contributed by atoms with Crippen molar-refractivity contribution in [3.05, 3.63) is 0 Å². The molecule has 2 fully saturated rings. The Bertz CT molecular complexity index is 384. The van der Waals surface area contributed by atoms with Crippen molar-refractivity contribution in [2.45, 2.75) is 57.7 Å². The van der Waals surface area contributed by atoms with Gasteiger partial charge in [-0.1, -0.05) is 12.8 Å². The van der Waals surface area contributed by atoms with E-state index in [1.54, 1.807) is 0 Å². The lowest BCUT2D eigenvalue weighted by Gasteiger charge is -2.44. The van der Waals surface area contributed by atoms with Crippen LogP contribution in [0.3, 0.4) is 0 Å². The number of amides is 2. The third-order valence-corrected chi connectivity index (χ3v) is 4.48. The van der Waals surface area contributed by atoms with E-state index in [1.165, 1.54) is 6.42 Å². The van der Waals surface area contributed by atoms with Gasteiger partial charge in [0.05, 0.1) is 31.8 Å². The molecule has 6 nitrogen and oxygen atoms in total. The van der Waals surface area contributed by atoms with Gasteiger partial charge in [0.2, 0.25) is 11.8 Å². The van der Waals surface area contributed by atoms with Crippen LogP contribution >= 0.6 is 0 Å².